The van der Waals surface area contributed by atoms with Crippen LogP contribution >= 0.6 is 11.6 Å². The molecule has 0 bridgehead atoms. The fraction of sp³-hybridized carbons (Fsp3) is 0.333. The molecule has 0 unspecified atom stereocenters. The van der Waals surface area contributed by atoms with E-state index in [0.717, 1.165) is 36.4 Å². The van der Waals surface area contributed by atoms with Crippen molar-refractivity contribution in [1.82, 2.24) is 35.4 Å². The van der Waals surface area contributed by atoms with E-state index in [1.807, 2.05) is 0 Å². The van der Waals surface area contributed by atoms with Gasteiger partial charge in [0.15, 0.2) is 11.5 Å². The average Bonchev–Trinajstić information content (AvgIpc) is 3.58. The maximum absolute atomic E-state index is 14.3. The predicted octanol–water partition coefficient (Wildman–Crippen LogP) is 3.68. The summed E-state index contributed by atoms with van der Waals surface area (Å²) >= 11 is 5.78. The summed E-state index contributed by atoms with van der Waals surface area (Å²) in [4.78, 5) is 29.9. The van der Waals surface area contributed by atoms with E-state index in [9.17, 15) is 18.4 Å². The molecule has 1 aliphatic carbocycles. The lowest BCUT2D eigenvalue weighted by Gasteiger charge is -2.26. The van der Waals surface area contributed by atoms with E-state index in [-0.39, 0.29) is 40.4 Å². The molecule has 1 saturated carbocycles. The van der Waals surface area contributed by atoms with Crippen LogP contribution in [0.15, 0.2) is 41.3 Å². The molecule has 0 atom stereocenters. The molecule has 3 heterocycles. The Labute approximate surface area is 214 Å². The molecule has 0 aliphatic heterocycles. The monoisotopic (exact) mass is 529 g/mol. The molecule has 192 valence electrons. The number of hydrogen-bond donors (Lipinski definition) is 2. The second-order valence-electron chi connectivity index (χ2n) is 8.89. The molecule has 1 fully saturated rings. The number of aromatic nitrogens is 5. The van der Waals surface area contributed by atoms with Crippen LogP contribution in [-0.4, -0.2) is 43.2 Å². The second kappa shape index (κ2) is 10.6. The summed E-state index contributed by atoms with van der Waals surface area (Å²) < 4.78 is 34.1. The third-order valence-corrected chi connectivity index (χ3v) is 6.74. The first kappa shape index (κ1) is 24.8. The van der Waals surface area contributed by atoms with E-state index in [1.54, 1.807) is 0 Å². The number of carbonyl (C=O) groups excluding carboxylic acids is 2. The zero-order valence-corrected chi connectivity index (χ0v) is 20.2. The van der Waals surface area contributed by atoms with Crippen LogP contribution in [0.2, 0.25) is 5.02 Å². The smallest absolute Gasteiger partial charge is 0.270 e. The molecule has 10 nitrogen and oxygen atoms in total. The van der Waals surface area contributed by atoms with Crippen molar-refractivity contribution >= 4 is 29.1 Å². The van der Waals surface area contributed by atoms with E-state index in [1.165, 1.54) is 30.7 Å². The Balaban J connectivity index is 1.25. The van der Waals surface area contributed by atoms with Gasteiger partial charge in [0.25, 0.3) is 11.8 Å². The number of nitrogens with one attached hydrogen (secondary N) is 2. The number of nitrogens with zero attached hydrogens (tertiary/aromatic N) is 5. The second-order valence-corrected chi connectivity index (χ2v) is 9.30. The number of benzene rings is 1. The quantitative estimate of drug-likeness (QED) is 0.374. The fourth-order valence-electron chi connectivity index (χ4n) is 4.44. The van der Waals surface area contributed by atoms with Crippen molar-refractivity contribution in [3.8, 4) is 0 Å². The molecule has 2 amide bonds. The highest BCUT2D eigenvalue weighted by Gasteiger charge is 2.26. The normalized spacial score (nSPS) is 17.6. The largest absolute Gasteiger partial charge is 0.428 e. The van der Waals surface area contributed by atoms with Gasteiger partial charge in [-0.25, -0.2) is 18.3 Å². The molecule has 1 aromatic carbocycles. The van der Waals surface area contributed by atoms with Crippen LogP contribution in [0.25, 0.3) is 5.65 Å². The van der Waals surface area contributed by atoms with Crippen LogP contribution < -0.4 is 10.6 Å². The van der Waals surface area contributed by atoms with Gasteiger partial charge in [0, 0.05) is 25.1 Å². The zero-order valence-electron chi connectivity index (χ0n) is 19.5. The lowest BCUT2D eigenvalue weighted by atomic mass is 9.82. The molecule has 4 aromatic rings. The number of fused-ring (bicyclic) bond motifs is 1. The van der Waals surface area contributed by atoms with E-state index in [4.69, 9.17) is 16.0 Å². The lowest BCUT2D eigenvalue weighted by molar-refractivity contribution is 0.0934. The maximum atomic E-state index is 14.3. The van der Waals surface area contributed by atoms with Crippen LogP contribution in [0.1, 0.15) is 64.0 Å². The molecule has 1 aliphatic rings. The first-order valence-electron chi connectivity index (χ1n) is 11.7. The molecule has 37 heavy (non-hydrogen) atoms. The first-order chi connectivity index (χ1) is 17.9. The summed E-state index contributed by atoms with van der Waals surface area (Å²) in [6, 6.07) is 5.31. The topological polar surface area (TPSA) is 127 Å². The minimum Gasteiger partial charge on any atom is -0.428 e. The van der Waals surface area contributed by atoms with Crippen molar-refractivity contribution in [2.24, 2.45) is 5.92 Å². The van der Waals surface area contributed by atoms with Gasteiger partial charge in [0.2, 0.25) is 12.3 Å². The Hall–Kier alpha value is -3.93. The Morgan fingerprint density at radius 3 is 2.62 bits per heavy atom. The summed E-state index contributed by atoms with van der Waals surface area (Å²) in [5.74, 6) is -1.39. The fourth-order valence-corrected chi connectivity index (χ4v) is 4.64. The third kappa shape index (κ3) is 5.43. The Bertz CT molecular complexity index is 1440. The molecule has 13 heteroatoms. The van der Waals surface area contributed by atoms with Gasteiger partial charge in [-0.1, -0.05) is 17.7 Å². The van der Waals surface area contributed by atoms with Gasteiger partial charge in [-0.2, -0.15) is 5.10 Å². The zero-order chi connectivity index (χ0) is 25.9. The van der Waals surface area contributed by atoms with Crippen LogP contribution in [0.5, 0.6) is 0 Å². The van der Waals surface area contributed by atoms with Crippen LogP contribution in [0.3, 0.4) is 0 Å². The van der Waals surface area contributed by atoms with Crippen molar-refractivity contribution in [3.63, 3.8) is 0 Å². The predicted molar refractivity (Wildman–Crippen MR) is 127 cm³/mol. The van der Waals surface area contributed by atoms with Crippen molar-refractivity contribution in [2.45, 2.75) is 38.1 Å². The van der Waals surface area contributed by atoms with Gasteiger partial charge in [-0.05, 0) is 49.3 Å². The van der Waals surface area contributed by atoms with Gasteiger partial charge < -0.3 is 15.1 Å². The summed E-state index contributed by atoms with van der Waals surface area (Å²) in [7, 11) is 0. The molecule has 0 radical (unpaired) electrons. The van der Waals surface area contributed by atoms with Gasteiger partial charge in [-0.3, -0.25) is 9.59 Å². The van der Waals surface area contributed by atoms with E-state index in [0.29, 0.717) is 18.0 Å². The SMILES string of the molecule is O=C(NCc1ccc(F)c(Cl)c1)c1cc(C(=O)NC[C@H]2CC[C@H](c3nnco3)CC2)n2ncc(F)c2n1. The third-order valence-electron chi connectivity index (χ3n) is 6.46. The molecular weight excluding hydrogens is 508 g/mol. The van der Waals surface area contributed by atoms with E-state index < -0.39 is 23.4 Å². The summed E-state index contributed by atoms with van der Waals surface area (Å²) in [6.07, 6.45) is 5.74. The van der Waals surface area contributed by atoms with Crippen molar-refractivity contribution in [2.75, 3.05) is 6.54 Å². The summed E-state index contributed by atoms with van der Waals surface area (Å²) in [5, 5.41) is 17.0. The highest BCUT2D eigenvalue weighted by atomic mass is 35.5. The Morgan fingerprint density at radius 2 is 1.89 bits per heavy atom. The van der Waals surface area contributed by atoms with Gasteiger partial charge in [0.1, 0.15) is 17.2 Å². The number of amides is 2. The lowest BCUT2D eigenvalue weighted by Crippen LogP contribution is -2.33. The highest BCUT2D eigenvalue weighted by Crippen LogP contribution is 2.34. The number of hydrogen-bond acceptors (Lipinski definition) is 7. The average molecular weight is 530 g/mol. The van der Waals surface area contributed by atoms with E-state index in [2.05, 4.69) is 30.9 Å². The van der Waals surface area contributed by atoms with E-state index >= 15 is 0 Å². The molecule has 0 saturated heterocycles. The van der Waals surface area contributed by atoms with Crippen molar-refractivity contribution in [3.05, 3.63) is 76.4 Å². The summed E-state index contributed by atoms with van der Waals surface area (Å²) in [6.45, 7) is 0.442. The maximum Gasteiger partial charge on any atom is 0.270 e. The Morgan fingerprint density at radius 1 is 1.08 bits per heavy atom. The number of halogens is 3. The Kier molecular flexibility index (Phi) is 7.08. The molecule has 0 spiro atoms. The molecular formula is C24H22ClF2N7O3. The summed E-state index contributed by atoms with van der Waals surface area (Å²) in [5.41, 5.74) is 0.125. The van der Waals surface area contributed by atoms with Crippen LogP contribution in [0, 0.1) is 17.6 Å². The molecule has 2 N–H and O–H groups in total. The van der Waals surface area contributed by atoms with Crippen LogP contribution in [0.4, 0.5) is 8.78 Å². The van der Waals surface area contributed by atoms with Crippen molar-refractivity contribution < 1.29 is 22.8 Å². The highest BCUT2D eigenvalue weighted by molar-refractivity contribution is 6.30. The van der Waals surface area contributed by atoms with Crippen LogP contribution in [-0.2, 0) is 6.54 Å². The van der Waals surface area contributed by atoms with Gasteiger partial charge in [-0.15, -0.1) is 10.2 Å². The number of carbonyl (C=O) groups is 2. The molecule has 5 rings (SSSR count). The number of rotatable bonds is 7. The molecule has 3 aromatic heterocycles. The standard InChI is InChI=1S/C24H22ClF2N7O3/c25-16-7-14(3-6-17(16)26)10-28-22(35)19-8-20(34-21(32-19)18(27)11-31-34)23(36)29-9-13-1-4-15(5-2-13)24-33-30-12-37-24/h3,6-8,11-13,15H,1-2,4-5,9-10H2,(H,28,35)(H,29,36)/t13-,15-. The minimum absolute atomic E-state index is 0.0246. The van der Waals surface area contributed by atoms with Gasteiger partial charge in [0.05, 0.1) is 11.2 Å². The first-order valence-corrected chi connectivity index (χ1v) is 12.1. The minimum atomic E-state index is -0.770. The van der Waals surface area contributed by atoms with Crippen molar-refractivity contribution in [1.29, 1.82) is 0 Å². The van der Waals surface area contributed by atoms with Gasteiger partial charge >= 0.3 is 0 Å².